The summed E-state index contributed by atoms with van der Waals surface area (Å²) in [6.07, 6.45) is 0.218. The van der Waals surface area contributed by atoms with Crippen LogP contribution < -0.4 is 11.1 Å². The van der Waals surface area contributed by atoms with E-state index in [-0.39, 0.29) is 18.1 Å². The average molecular weight is 245 g/mol. The Hall–Kier alpha value is -1.13. The fraction of sp³-hybridized carbons (Fsp3) is 0.364. The van der Waals surface area contributed by atoms with Crippen LogP contribution >= 0.6 is 11.6 Å². The predicted molar refractivity (Wildman–Crippen MR) is 61.9 cm³/mol. The lowest BCUT2D eigenvalue weighted by atomic mass is 10.0. The van der Waals surface area contributed by atoms with Crippen molar-refractivity contribution in [3.63, 3.8) is 0 Å². The summed E-state index contributed by atoms with van der Waals surface area (Å²) in [5.74, 6) is -0.638. The van der Waals surface area contributed by atoms with E-state index >= 15 is 0 Å². The van der Waals surface area contributed by atoms with Gasteiger partial charge in [0, 0.05) is 12.1 Å². The van der Waals surface area contributed by atoms with Gasteiger partial charge in [-0.2, -0.15) is 0 Å². The first kappa shape index (κ1) is 12.9. The number of carbonyl (C=O) groups is 1. The first-order valence-electron chi connectivity index (χ1n) is 4.87. The second-order valence-corrected chi connectivity index (χ2v) is 4.02. The van der Waals surface area contributed by atoms with E-state index in [1.807, 2.05) is 0 Å². The molecule has 0 fully saturated rings. The quantitative estimate of drug-likeness (QED) is 0.845. The number of aryl methyl sites for hydroxylation is 1. The summed E-state index contributed by atoms with van der Waals surface area (Å²) < 4.78 is 13.3. The highest BCUT2D eigenvalue weighted by molar-refractivity contribution is 6.31. The highest BCUT2D eigenvalue weighted by Gasteiger charge is 2.15. The fourth-order valence-corrected chi connectivity index (χ4v) is 1.65. The number of carbonyl (C=O) groups excluding carboxylic acids is 1. The maximum Gasteiger partial charge on any atom is 0.237 e. The number of hydrogen-bond donors (Lipinski definition) is 2. The Morgan fingerprint density at radius 2 is 2.25 bits per heavy atom. The summed E-state index contributed by atoms with van der Waals surface area (Å²) in [7, 11) is 1.50. The molecule has 3 N–H and O–H groups in total. The number of halogens is 2. The molecule has 0 saturated heterocycles. The number of benzene rings is 1. The third-order valence-corrected chi connectivity index (χ3v) is 2.70. The van der Waals surface area contributed by atoms with Crippen molar-refractivity contribution < 1.29 is 9.18 Å². The lowest BCUT2D eigenvalue weighted by Crippen LogP contribution is -2.40. The van der Waals surface area contributed by atoms with Crippen LogP contribution in [0.1, 0.15) is 11.1 Å². The van der Waals surface area contributed by atoms with Crippen molar-refractivity contribution in [1.29, 1.82) is 0 Å². The second-order valence-electron chi connectivity index (χ2n) is 3.62. The van der Waals surface area contributed by atoms with Crippen molar-refractivity contribution >= 4 is 17.5 Å². The Balaban J connectivity index is 2.89. The lowest BCUT2D eigenvalue weighted by molar-refractivity contribution is -0.121. The Morgan fingerprint density at radius 1 is 1.62 bits per heavy atom. The third kappa shape index (κ3) is 2.93. The minimum absolute atomic E-state index is 0.218. The van der Waals surface area contributed by atoms with Crippen molar-refractivity contribution in [2.24, 2.45) is 5.73 Å². The van der Waals surface area contributed by atoms with Gasteiger partial charge in [0.1, 0.15) is 5.82 Å². The van der Waals surface area contributed by atoms with Gasteiger partial charge in [-0.15, -0.1) is 0 Å². The van der Waals surface area contributed by atoms with Crippen LogP contribution in [-0.2, 0) is 11.2 Å². The van der Waals surface area contributed by atoms with Gasteiger partial charge in [-0.05, 0) is 36.6 Å². The van der Waals surface area contributed by atoms with E-state index in [0.717, 1.165) is 0 Å². The fourth-order valence-electron chi connectivity index (χ4n) is 1.36. The van der Waals surface area contributed by atoms with Gasteiger partial charge < -0.3 is 11.1 Å². The Bertz CT molecular complexity index is 409. The zero-order chi connectivity index (χ0) is 12.3. The molecule has 0 aliphatic heterocycles. The van der Waals surface area contributed by atoms with E-state index < -0.39 is 6.04 Å². The van der Waals surface area contributed by atoms with Crippen molar-refractivity contribution in [1.82, 2.24) is 5.32 Å². The van der Waals surface area contributed by atoms with Gasteiger partial charge in [-0.1, -0.05) is 11.6 Å². The van der Waals surface area contributed by atoms with E-state index in [0.29, 0.717) is 16.1 Å². The number of hydrogen-bond acceptors (Lipinski definition) is 2. The van der Waals surface area contributed by atoms with Crippen molar-refractivity contribution in [2.45, 2.75) is 19.4 Å². The molecule has 5 heteroatoms. The Labute approximate surface area is 98.8 Å². The molecule has 0 heterocycles. The molecule has 0 radical (unpaired) electrons. The molecule has 0 bridgehead atoms. The second kappa shape index (κ2) is 5.27. The van der Waals surface area contributed by atoms with Crippen LogP contribution in [0.2, 0.25) is 5.02 Å². The number of nitrogens with two attached hydrogens (primary N) is 1. The van der Waals surface area contributed by atoms with Gasteiger partial charge in [0.15, 0.2) is 0 Å². The molecular weight excluding hydrogens is 231 g/mol. The smallest absolute Gasteiger partial charge is 0.237 e. The topological polar surface area (TPSA) is 55.1 Å². The van der Waals surface area contributed by atoms with E-state index in [9.17, 15) is 9.18 Å². The van der Waals surface area contributed by atoms with E-state index in [1.54, 1.807) is 6.92 Å². The van der Waals surface area contributed by atoms with Crippen molar-refractivity contribution in [3.05, 3.63) is 34.1 Å². The van der Waals surface area contributed by atoms with Crippen molar-refractivity contribution in [3.8, 4) is 0 Å². The van der Waals surface area contributed by atoms with E-state index in [2.05, 4.69) is 5.32 Å². The van der Waals surface area contributed by atoms with Crippen LogP contribution in [0.4, 0.5) is 4.39 Å². The number of likely N-dealkylation sites (N-methyl/N-ethyl adjacent to an activating group) is 1. The minimum atomic E-state index is -0.718. The first-order chi connectivity index (χ1) is 7.45. The standard InChI is InChI=1S/C11H14ClFN2O/c1-6-3-8(12)7(4-9(6)13)5-10(14)11(16)15-2/h3-4,10H,5,14H2,1-2H3,(H,15,16). The SMILES string of the molecule is CNC(=O)C(N)Cc1cc(F)c(C)cc1Cl. The van der Waals surface area contributed by atoms with Gasteiger partial charge in [0.2, 0.25) is 5.91 Å². The van der Waals surface area contributed by atoms with Crippen LogP contribution in [-0.4, -0.2) is 19.0 Å². The molecule has 0 saturated carbocycles. The van der Waals surface area contributed by atoms with Crippen LogP contribution in [0.3, 0.4) is 0 Å². The number of rotatable bonds is 3. The molecule has 1 rings (SSSR count). The molecule has 1 aromatic rings. The zero-order valence-electron chi connectivity index (χ0n) is 9.18. The van der Waals surface area contributed by atoms with Crippen molar-refractivity contribution in [2.75, 3.05) is 7.05 Å². The molecule has 3 nitrogen and oxygen atoms in total. The summed E-state index contributed by atoms with van der Waals surface area (Å²) in [6, 6.07) is 2.13. The molecule has 0 aliphatic carbocycles. The predicted octanol–water partition coefficient (Wildman–Crippen LogP) is 1.40. The summed E-state index contributed by atoms with van der Waals surface area (Å²) >= 11 is 5.94. The van der Waals surface area contributed by atoms with Crippen LogP contribution in [0.5, 0.6) is 0 Å². The maximum absolute atomic E-state index is 13.3. The molecule has 0 aliphatic rings. The van der Waals surface area contributed by atoms with Gasteiger partial charge in [-0.25, -0.2) is 4.39 Å². The van der Waals surface area contributed by atoms with Gasteiger partial charge in [0.05, 0.1) is 6.04 Å². The van der Waals surface area contributed by atoms with E-state index in [4.69, 9.17) is 17.3 Å². The summed E-state index contributed by atoms with van der Waals surface area (Å²) in [6.45, 7) is 1.63. The number of nitrogens with one attached hydrogen (secondary N) is 1. The normalized spacial score (nSPS) is 12.3. The summed E-state index contributed by atoms with van der Waals surface area (Å²) in [5.41, 5.74) is 6.64. The molecule has 1 aromatic carbocycles. The minimum Gasteiger partial charge on any atom is -0.358 e. The molecule has 0 aromatic heterocycles. The molecule has 1 amide bonds. The molecule has 88 valence electrons. The molecule has 1 atom stereocenters. The molecular formula is C11H14ClFN2O. The van der Waals surface area contributed by atoms with Gasteiger partial charge >= 0.3 is 0 Å². The molecule has 16 heavy (non-hydrogen) atoms. The monoisotopic (exact) mass is 244 g/mol. The average Bonchev–Trinajstić information content (AvgIpc) is 2.24. The first-order valence-corrected chi connectivity index (χ1v) is 5.25. The summed E-state index contributed by atoms with van der Waals surface area (Å²) in [5, 5.41) is 2.86. The Morgan fingerprint density at radius 3 is 2.81 bits per heavy atom. The van der Waals surface area contributed by atoms with Gasteiger partial charge in [0.25, 0.3) is 0 Å². The maximum atomic E-state index is 13.3. The van der Waals surface area contributed by atoms with Gasteiger partial charge in [-0.3, -0.25) is 4.79 Å². The molecule has 1 unspecified atom stereocenters. The largest absolute Gasteiger partial charge is 0.358 e. The highest BCUT2D eigenvalue weighted by atomic mass is 35.5. The van der Waals surface area contributed by atoms with E-state index in [1.165, 1.54) is 19.2 Å². The Kier molecular flexibility index (Phi) is 4.26. The molecule has 0 spiro atoms. The third-order valence-electron chi connectivity index (χ3n) is 2.35. The zero-order valence-corrected chi connectivity index (χ0v) is 9.94. The van der Waals surface area contributed by atoms with Crippen LogP contribution in [0, 0.1) is 12.7 Å². The number of amides is 1. The summed E-state index contributed by atoms with van der Waals surface area (Å²) in [4.78, 5) is 11.2. The van der Waals surface area contributed by atoms with Crippen LogP contribution in [0.15, 0.2) is 12.1 Å². The lowest BCUT2D eigenvalue weighted by Gasteiger charge is -2.12. The highest BCUT2D eigenvalue weighted by Crippen LogP contribution is 2.21. The van der Waals surface area contributed by atoms with Crippen LogP contribution in [0.25, 0.3) is 0 Å².